The third kappa shape index (κ3) is 3.22. The summed E-state index contributed by atoms with van der Waals surface area (Å²) < 4.78 is 26.9. The van der Waals surface area contributed by atoms with Crippen molar-refractivity contribution in [2.45, 2.75) is 19.5 Å². The molecule has 15 heavy (non-hydrogen) atoms. The van der Waals surface area contributed by atoms with Gasteiger partial charge in [0, 0.05) is 18.2 Å². The van der Waals surface area contributed by atoms with E-state index < -0.39 is 11.6 Å². The molecule has 0 saturated heterocycles. The lowest BCUT2D eigenvalue weighted by atomic mass is 10.2. The van der Waals surface area contributed by atoms with Crippen LogP contribution in [-0.4, -0.2) is 17.8 Å². The van der Waals surface area contributed by atoms with E-state index in [4.69, 9.17) is 5.11 Å². The molecule has 0 spiro atoms. The predicted octanol–water partition coefficient (Wildman–Crippen LogP) is 2.20. The van der Waals surface area contributed by atoms with Crippen LogP contribution < -0.4 is 5.32 Å². The lowest BCUT2D eigenvalue weighted by molar-refractivity contribution is 0.250. The average Bonchev–Trinajstić information content (AvgIpc) is 2.23. The second-order valence-electron chi connectivity index (χ2n) is 3.29. The highest BCUT2D eigenvalue weighted by Crippen LogP contribution is 2.21. The Kier molecular flexibility index (Phi) is 4.63. The number of hydrogen-bond acceptors (Lipinski definition) is 2. The van der Waals surface area contributed by atoms with Crippen molar-refractivity contribution in [1.29, 1.82) is 0 Å². The smallest absolute Gasteiger partial charge is 0.144 e. The van der Waals surface area contributed by atoms with Crippen molar-refractivity contribution in [2.75, 3.05) is 6.61 Å². The normalized spacial score (nSPS) is 12.9. The van der Waals surface area contributed by atoms with Crippen LogP contribution in [0.2, 0.25) is 0 Å². The van der Waals surface area contributed by atoms with E-state index in [9.17, 15) is 8.78 Å². The molecule has 1 rings (SSSR count). The first-order valence-corrected chi connectivity index (χ1v) is 5.32. The van der Waals surface area contributed by atoms with Crippen LogP contribution in [0.25, 0.3) is 0 Å². The number of aliphatic hydroxyl groups is 1. The molecule has 5 heteroatoms. The highest BCUT2D eigenvalue weighted by atomic mass is 79.9. The van der Waals surface area contributed by atoms with Crippen LogP contribution in [0.3, 0.4) is 0 Å². The van der Waals surface area contributed by atoms with Gasteiger partial charge in [-0.25, -0.2) is 8.78 Å². The van der Waals surface area contributed by atoms with Gasteiger partial charge in [-0.2, -0.15) is 0 Å². The standard InChI is InChI=1S/C10H12BrF2NO/c1-6(5-15)14-4-7-9(12)3-2-8(11)10(7)13/h2-3,6,14-15H,4-5H2,1H3. The number of benzene rings is 1. The summed E-state index contributed by atoms with van der Waals surface area (Å²) in [6, 6.07) is 2.33. The molecule has 1 aromatic carbocycles. The van der Waals surface area contributed by atoms with E-state index in [1.807, 2.05) is 0 Å². The molecule has 2 N–H and O–H groups in total. The topological polar surface area (TPSA) is 32.3 Å². The van der Waals surface area contributed by atoms with Crippen LogP contribution in [0.1, 0.15) is 12.5 Å². The first-order valence-electron chi connectivity index (χ1n) is 4.53. The molecule has 0 saturated carbocycles. The van der Waals surface area contributed by atoms with Gasteiger partial charge in [-0.1, -0.05) is 0 Å². The molecule has 0 aromatic heterocycles. The summed E-state index contributed by atoms with van der Waals surface area (Å²) in [6.07, 6.45) is 0. The van der Waals surface area contributed by atoms with Crippen molar-refractivity contribution in [3.63, 3.8) is 0 Å². The van der Waals surface area contributed by atoms with Gasteiger partial charge in [0.1, 0.15) is 11.6 Å². The van der Waals surface area contributed by atoms with Crippen LogP contribution >= 0.6 is 15.9 Å². The maximum Gasteiger partial charge on any atom is 0.144 e. The molecule has 1 aromatic rings. The maximum absolute atomic E-state index is 13.4. The van der Waals surface area contributed by atoms with Crippen LogP contribution in [0.15, 0.2) is 16.6 Å². The molecule has 0 amide bonds. The van der Waals surface area contributed by atoms with Crippen LogP contribution in [0, 0.1) is 11.6 Å². The second kappa shape index (κ2) is 5.53. The molecule has 1 unspecified atom stereocenters. The maximum atomic E-state index is 13.4. The average molecular weight is 280 g/mol. The van der Waals surface area contributed by atoms with Crippen LogP contribution in [-0.2, 0) is 6.54 Å². The van der Waals surface area contributed by atoms with Gasteiger partial charge in [0.05, 0.1) is 11.1 Å². The van der Waals surface area contributed by atoms with Gasteiger partial charge >= 0.3 is 0 Å². The molecule has 0 aliphatic heterocycles. The van der Waals surface area contributed by atoms with Gasteiger partial charge in [0.25, 0.3) is 0 Å². The molecule has 0 aliphatic carbocycles. The summed E-state index contributed by atoms with van der Waals surface area (Å²) in [5, 5.41) is 11.6. The minimum Gasteiger partial charge on any atom is -0.395 e. The molecular formula is C10H12BrF2NO. The number of nitrogens with one attached hydrogen (secondary N) is 1. The van der Waals surface area contributed by atoms with Crippen molar-refractivity contribution in [3.8, 4) is 0 Å². The first kappa shape index (κ1) is 12.5. The number of rotatable bonds is 4. The molecular weight excluding hydrogens is 268 g/mol. The van der Waals surface area contributed by atoms with Gasteiger partial charge in [-0.3, -0.25) is 0 Å². The predicted molar refractivity (Wildman–Crippen MR) is 57.4 cm³/mol. The van der Waals surface area contributed by atoms with E-state index in [1.165, 1.54) is 12.1 Å². The van der Waals surface area contributed by atoms with Crippen molar-refractivity contribution in [3.05, 3.63) is 33.8 Å². The third-order valence-electron chi connectivity index (χ3n) is 2.04. The lowest BCUT2D eigenvalue weighted by Crippen LogP contribution is -2.29. The van der Waals surface area contributed by atoms with Gasteiger partial charge in [-0.15, -0.1) is 0 Å². The second-order valence-corrected chi connectivity index (χ2v) is 4.14. The summed E-state index contributed by atoms with van der Waals surface area (Å²) in [7, 11) is 0. The highest BCUT2D eigenvalue weighted by molar-refractivity contribution is 9.10. The van der Waals surface area contributed by atoms with Crippen molar-refractivity contribution >= 4 is 15.9 Å². The SMILES string of the molecule is CC(CO)NCc1c(F)ccc(Br)c1F. The molecule has 0 heterocycles. The van der Waals surface area contributed by atoms with E-state index in [0.717, 1.165) is 0 Å². The zero-order chi connectivity index (χ0) is 11.4. The van der Waals surface area contributed by atoms with E-state index in [2.05, 4.69) is 21.2 Å². The Hall–Kier alpha value is -0.520. The number of aliphatic hydroxyl groups excluding tert-OH is 1. The Balaban J connectivity index is 2.80. The van der Waals surface area contributed by atoms with Crippen LogP contribution in [0.4, 0.5) is 8.78 Å². The third-order valence-corrected chi connectivity index (χ3v) is 2.65. The van der Waals surface area contributed by atoms with Crippen molar-refractivity contribution < 1.29 is 13.9 Å². The van der Waals surface area contributed by atoms with Gasteiger partial charge in [0.2, 0.25) is 0 Å². The van der Waals surface area contributed by atoms with Crippen LogP contribution in [0.5, 0.6) is 0 Å². The van der Waals surface area contributed by atoms with E-state index >= 15 is 0 Å². The van der Waals surface area contributed by atoms with Crippen molar-refractivity contribution in [2.24, 2.45) is 0 Å². The quantitative estimate of drug-likeness (QED) is 0.829. The molecule has 2 nitrogen and oxygen atoms in total. The van der Waals surface area contributed by atoms with E-state index in [0.29, 0.717) is 0 Å². The lowest BCUT2D eigenvalue weighted by Gasteiger charge is -2.12. The van der Waals surface area contributed by atoms with E-state index in [-0.39, 0.29) is 29.2 Å². The summed E-state index contributed by atoms with van der Waals surface area (Å²) in [5.41, 5.74) is -0.0234. The summed E-state index contributed by atoms with van der Waals surface area (Å²) >= 11 is 2.99. The fourth-order valence-electron chi connectivity index (χ4n) is 1.07. The molecule has 1 atom stereocenters. The molecule has 84 valence electrons. The van der Waals surface area contributed by atoms with Crippen molar-refractivity contribution in [1.82, 2.24) is 5.32 Å². The van der Waals surface area contributed by atoms with Gasteiger partial charge < -0.3 is 10.4 Å². The highest BCUT2D eigenvalue weighted by Gasteiger charge is 2.12. The first-order chi connectivity index (χ1) is 7.06. The minimum absolute atomic E-state index is 0.0234. The zero-order valence-electron chi connectivity index (χ0n) is 8.23. The molecule has 0 aliphatic rings. The Morgan fingerprint density at radius 3 is 2.73 bits per heavy atom. The fourth-order valence-corrected chi connectivity index (χ4v) is 1.44. The number of halogens is 3. The van der Waals surface area contributed by atoms with Gasteiger partial charge in [-0.05, 0) is 35.0 Å². The van der Waals surface area contributed by atoms with Gasteiger partial charge in [0.15, 0.2) is 0 Å². The Morgan fingerprint density at radius 1 is 1.47 bits per heavy atom. The molecule has 0 fully saturated rings. The fraction of sp³-hybridized carbons (Fsp3) is 0.400. The monoisotopic (exact) mass is 279 g/mol. The summed E-state index contributed by atoms with van der Waals surface area (Å²) in [6.45, 7) is 1.71. The summed E-state index contributed by atoms with van der Waals surface area (Å²) in [4.78, 5) is 0. The molecule has 0 radical (unpaired) electrons. The zero-order valence-corrected chi connectivity index (χ0v) is 9.81. The minimum atomic E-state index is -0.604. The molecule has 0 bridgehead atoms. The Bertz CT molecular complexity index is 346. The summed E-state index contributed by atoms with van der Waals surface area (Å²) in [5.74, 6) is -1.19. The number of hydrogen-bond donors (Lipinski definition) is 2. The largest absolute Gasteiger partial charge is 0.395 e. The van der Waals surface area contributed by atoms with E-state index in [1.54, 1.807) is 6.92 Å². The Labute approximate surface area is 95.4 Å². The Morgan fingerprint density at radius 2 is 2.13 bits per heavy atom.